The molecule has 12 heteroatoms. The maximum Gasteiger partial charge on any atom is 0.475 e. The van der Waals surface area contributed by atoms with Crippen LogP contribution in [0.2, 0.25) is 0 Å². The SMILES string of the molecule is C=CCOC(=O)CO[C@H]1O[C@H](COP(=O)(OCc2ccccc2)OCc2ccccc2)[C@@H](OCc2ccccc2)[C@H](OCc2ccccc2)[C@@H]1OCc1ccccc1. The molecule has 0 bridgehead atoms. The smallest absolute Gasteiger partial charge is 0.460 e. The molecule has 0 amide bonds. The molecule has 1 aliphatic rings. The third-order valence-electron chi connectivity index (χ3n) is 9.04. The molecule has 304 valence electrons. The van der Waals surface area contributed by atoms with E-state index in [0.29, 0.717) is 0 Å². The fourth-order valence-electron chi connectivity index (χ4n) is 6.09. The van der Waals surface area contributed by atoms with E-state index in [2.05, 4.69) is 6.58 Å². The number of carbonyl (C=O) groups excluding carboxylic acids is 1. The first-order valence-corrected chi connectivity index (χ1v) is 20.6. The van der Waals surface area contributed by atoms with Gasteiger partial charge in [0.15, 0.2) is 6.29 Å². The van der Waals surface area contributed by atoms with E-state index in [1.807, 2.05) is 152 Å². The first-order chi connectivity index (χ1) is 28.5. The van der Waals surface area contributed by atoms with E-state index in [9.17, 15) is 9.36 Å². The molecule has 0 aromatic heterocycles. The summed E-state index contributed by atoms with van der Waals surface area (Å²) in [4.78, 5) is 12.7. The van der Waals surface area contributed by atoms with E-state index in [4.69, 9.17) is 42.0 Å². The Bertz CT molecular complexity index is 1920. The van der Waals surface area contributed by atoms with Gasteiger partial charge in [-0.1, -0.05) is 164 Å². The molecule has 58 heavy (non-hydrogen) atoms. The molecule has 5 atom stereocenters. The van der Waals surface area contributed by atoms with Crippen LogP contribution in [0.3, 0.4) is 0 Å². The molecule has 11 nitrogen and oxygen atoms in total. The second-order valence-electron chi connectivity index (χ2n) is 13.4. The average Bonchev–Trinajstić information content (AvgIpc) is 3.28. The lowest BCUT2D eigenvalue weighted by Crippen LogP contribution is -2.62. The van der Waals surface area contributed by atoms with Crippen LogP contribution in [-0.4, -0.2) is 56.5 Å². The molecule has 0 unspecified atom stereocenters. The van der Waals surface area contributed by atoms with E-state index >= 15 is 0 Å². The van der Waals surface area contributed by atoms with E-state index in [-0.39, 0.29) is 46.2 Å². The van der Waals surface area contributed by atoms with Gasteiger partial charge < -0.3 is 28.4 Å². The van der Waals surface area contributed by atoms with Crippen LogP contribution in [0.1, 0.15) is 27.8 Å². The quantitative estimate of drug-likeness (QED) is 0.0358. The Balaban J connectivity index is 1.32. The molecule has 0 radical (unpaired) electrons. The van der Waals surface area contributed by atoms with Crippen LogP contribution in [0, 0.1) is 0 Å². The van der Waals surface area contributed by atoms with Gasteiger partial charge in [0, 0.05) is 0 Å². The minimum atomic E-state index is -4.27. The molecule has 5 aromatic carbocycles. The van der Waals surface area contributed by atoms with E-state index < -0.39 is 51.1 Å². The van der Waals surface area contributed by atoms with Crippen molar-refractivity contribution < 1.29 is 51.4 Å². The molecule has 5 aromatic rings. The van der Waals surface area contributed by atoms with Gasteiger partial charge >= 0.3 is 13.8 Å². The summed E-state index contributed by atoms with van der Waals surface area (Å²) in [6, 6.07) is 47.6. The first kappa shape index (κ1) is 42.8. The topological polar surface area (TPSA) is 117 Å². The van der Waals surface area contributed by atoms with E-state index in [1.165, 1.54) is 6.08 Å². The number of hydrogen-bond acceptors (Lipinski definition) is 11. The summed E-state index contributed by atoms with van der Waals surface area (Å²) >= 11 is 0. The van der Waals surface area contributed by atoms with Crippen molar-refractivity contribution in [3.63, 3.8) is 0 Å². The van der Waals surface area contributed by atoms with Crippen molar-refractivity contribution >= 4 is 13.8 Å². The standard InChI is InChI=1S/C46H49O11P/c1-2-28-49-42(47)35-53-46-45(52-31-38-22-12-5-13-23-38)44(51-30-37-20-10-4-11-21-37)43(50-29-36-18-8-3-9-19-36)41(57-46)34-56-58(48,54-32-39-24-14-6-15-25-39)55-33-40-26-16-7-17-27-40/h2-27,41,43-46H,1,28-35H2/t41-,43-,44+,45+,46+/m1/s1. The fourth-order valence-corrected chi connectivity index (χ4v) is 7.26. The zero-order chi connectivity index (χ0) is 40.3. The predicted molar refractivity (Wildman–Crippen MR) is 217 cm³/mol. The third kappa shape index (κ3) is 13.7. The summed E-state index contributed by atoms with van der Waals surface area (Å²) in [5.74, 6) is -0.629. The van der Waals surface area contributed by atoms with E-state index in [1.54, 1.807) is 0 Å². The maximum absolute atomic E-state index is 14.5. The first-order valence-electron chi connectivity index (χ1n) is 19.1. The van der Waals surface area contributed by atoms with Crippen LogP contribution in [0.4, 0.5) is 0 Å². The number of carbonyl (C=O) groups is 1. The van der Waals surface area contributed by atoms with Crippen molar-refractivity contribution in [2.75, 3.05) is 19.8 Å². The summed E-state index contributed by atoms with van der Waals surface area (Å²) in [6.07, 6.45) is -3.39. The van der Waals surface area contributed by atoms with Gasteiger partial charge in [0.25, 0.3) is 0 Å². The van der Waals surface area contributed by atoms with E-state index in [0.717, 1.165) is 27.8 Å². The van der Waals surface area contributed by atoms with Crippen LogP contribution in [0.5, 0.6) is 0 Å². The molecule has 1 saturated heterocycles. The van der Waals surface area contributed by atoms with Crippen molar-refractivity contribution in [3.05, 3.63) is 192 Å². The highest BCUT2D eigenvalue weighted by molar-refractivity contribution is 7.48. The second-order valence-corrected chi connectivity index (χ2v) is 15.0. The molecule has 0 aliphatic carbocycles. The van der Waals surface area contributed by atoms with Gasteiger partial charge in [-0.25, -0.2) is 9.36 Å². The Labute approximate surface area is 340 Å². The number of hydrogen-bond donors (Lipinski definition) is 0. The van der Waals surface area contributed by atoms with Crippen LogP contribution >= 0.6 is 7.82 Å². The summed E-state index contributed by atoms with van der Waals surface area (Å²) in [5, 5.41) is 0. The van der Waals surface area contributed by atoms with Gasteiger partial charge in [0.1, 0.15) is 37.6 Å². The lowest BCUT2D eigenvalue weighted by Gasteiger charge is -2.45. The van der Waals surface area contributed by atoms with Crippen molar-refractivity contribution in [1.29, 1.82) is 0 Å². The zero-order valence-electron chi connectivity index (χ0n) is 32.2. The minimum absolute atomic E-state index is 0.0115. The fraction of sp³-hybridized carbons (Fsp3) is 0.283. The highest BCUT2D eigenvalue weighted by atomic mass is 31.2. The lowest BCUT2D eigenvalue weighted by molar-refractivity contribution is -0.325. The van der Waals surface area contributed by atoms with Gasteiger partial charge in [0.05, 0.1) is 39.6 Å². The zero-order valence-corrected chi connectivity index (χ0v) is 33.1. The molecule has 6 rings (SSSR count). The third-order valence-corrected chi connectivity index (χ3v) is 10.4. The Morgan fingerprint density at radius 3 is 1.36 bits per heavy atom. The highest BCUT2D eigenvalue weighted by Gasteiger charge is 2.50. The molecular formula is C46H49O11P. The van der Waals surface area contributed by atoms with Gasteiger partial charge in [-0.3, -0.25) is 13.6 Å². The highest BCUT2D eigenvalue weighted by Crippen LogP contribution is 2.51. The number of esters is 1. The Kier molecular flexibility index (Phi) is 17.0. The number of benzene rings is 5. The van der Waals surface area contributed by atoms with Crippen LogP contribution in [-0.2, 0) is 84.4 Å². The Morgan fingerprint density at radius 1 is 0.534 bits per heavy atom. The van der Waals surface area contributed by atoms with Crippen molar-refractivity contribution in [1.82, 2.24) is 0 Å². The Morgan fingerprint density at radius 2 is 0.931 bits per heavy atom. The van der Waals surface area contributed by atoms with Gasteiger partial charge in [-0.15, -0.1) is 0 Å². The minimum Gasteiger partial charge on any atom is -0.460 e. The Hall–Kier alpha value is -4.78. The molecule has 1 fully saturated rings. The number of phosphoric ester groups is 1. The number of rotatable bonds is 23. The summed E-state index contributed by atoms with van der Waals surface area (Å²) in [6.45, 7) is 3.28. The molecule has 0 saturated carbocycles. The van der Waals surface area contributed by atoms with Crippen LogP contribution in [0.25, 0.3) is 0 Å². The molecule has 1 aliphatic heterocycles. The molecular weight excluding hydrogens is 759 g/mol. The normalized spacial score (nSPS) is 19.3. The van der Waals surface area contributed by atoms with Crippen molar-refractivity contribution in [3.8, 4) is 0 Å². The molecule has 0 spiro atoms. The lowest BCUT2D eigenvalue weighted by atomic mass is 9.98. The maximum atomic E-state index is 14.5. The molecule has 1 heterocycles. The number of phosphoric acid groups is 1. The van der Waals surface area contributed by atoms with Gasteiger partial charge in [-0.2, -0.15) is 0 Å². The summed E-state index contributed by atoms with van der Waals surface area (Å²) in [7, 11) is -4.27. The predicted octanol–water partition coefficient (Wildman–Crippen LogP) is 8.77. The summed E-state index contributed by atoms with van der Waals surface area (Å²) in [5.41, 5.74) is 4.25. The monoisotopic (exact) mass is 808 g/mol. The molecule has 0 N–H and O–H groups in total. The number of ether oxygens (including phenoxy) is 6. The van der Waals surface area contributed by atoms with Crippen molar-refractivity contribution in [2.45, 2.75) is 63.7 Å². The van der Waals surface area contributed by atoms with Crippen molar-refractivity contribution in [2.24, 2.45) is 0 Å². The van der Waals surface area contributed by atoms with Crippen LogP contribution < -0.4 is 0 Å². The van der Waals surface area contributed by atoms with Crippen LogP contribution in [0.15, 0.2) is 164 Å². The second kappa shape index (κ2) is 23.0. The largest absolute Gasteiger partial charge is 0.475 e. The van der Waals surface area contributed by atoms with Gasteiger partial charge in [-0.05, 0) is 27.8 Å². The summed E-state index contributed by atoms with van der Waals surface area (Å²) < 4.78 is 70.4. The van der Waals surface area contributed by atoms with Gasteiger partial charge in [0.2, 0.25) is 0 Å². The average molecular weight is 809 g/mol.